The lowest BCUT2D eigenvalue weighted by atomic mass is 9.90. The fourth-order valence-electron chi connectivity index (χ4n) is 6.13. The van der Waals surface area contributed by atoms with Gasteiger partial charge in [0.2, 0.25) is 11.4 Å². The van der Waals surface area contributed by atoms with E-state index in [2.05, 4.69) is 27.1 Å². The number of hydrogen-bond donors (Lipinski definition) is 3. The first-order valence-corrected chi connectivity index (χ1v) is 16.9. The first kappa shape index (κ1) is 37.3. The molecule has 2 aromatic heterocycles. The van der Waals surface area contributed by atoms with E-state index >= 15 is 0 Å². The van der Waals surface area contributed by atoms with Crippen molar-refractivity contribution in [2.24, 2.45) is 0 Å². The van der Waals surface area contributed by atoms with Crippen LogP contribution in [0.25, 0.3) is 10.9 Å². The van der Waals surface area contributed by atoms with Crippen molar-refractivity contribution in [3.05, 3.63) is 75.2 Å². The lowest BCUT2D eigenvalue weighted by Gasteiger charge is -2.32. The highest BCUT2D eigenvalue weighted by molar-refractivity contribution is 5.83. The zero-order chi connectivity index (χ0) is 37.6. The molecular formula is C38H44N6O8. The lowest BCUT2D eigenvalue weighted by Crippen LogP contribution is -2.41. The second-order valence-electron chi connectivity index (χ2n) is 13.3. The van der Waals surface area contributed by atoms with Crippen LogP contribution in [0, 0.1) is 11.8 Å². The number of nitrogens with zero attached hydrogens (tertiary/aromatic N) is 3. The van der Waals surface area contributed by atoms with E-state index in [1.165, 1.54) is 7.11 Å². The number of nitrogens with one attached hydrogen (secondary N) is 1. The second kappa shape index (κ2) is 15.9. The Bertz CT molecular complexity index is 2090. The van der Waals surface area contributed by atoms with E-state index in [1.807, 2.05) is 43.5 Å². The Labute approximate surface area is 301 Å². The van der Waals surface area contributed by atoms with Gasteiger partial charge in [-0.3, -0.25) is 4.79 Å². The van der Waals surface area contributed by atoms with Crippen LogP contribution in [-0.4, -0.2) is 59.3 Å². The summed E-state index contributed by atoms with van der Waals surface area (Å²) in [5.74, 6) is 7.59. The van der Waals surface area contributed by atoms with Crippen molar-refractivity contribution in [2.45, 2.75) is 77.5 Å². The fourth-order valence-corrected chi connectivity index (χ4v) is 6.13. The monoisotopic (exact) mass is 712 g/mol. The van der Waals surface area contributed by atoms with Gasteiger partial charge in [-0.25, -0.2) is 14.6 Å². The molecule has 4 aromatic rings. The summed E-state index contributed by atoms with van der Waals surface area (Å²) in [7, 11) is 3.08. The third-order valence-corrected chi connectivity index (χ3v) is 8.46. The van der Waals surface area contributed by atoms with Crippen LogP contribution in [0.1, 0.15) is 81.7 Å². The van der Waals surface area contributed by atoms with Gasteiger partial charge >= 0.3 is 12.2 Å². The maximum absolute atomic E-state index is 13.6. The van der Waals surface area contributed by atoms with E-state index < -0.39 is 23.3 Å². The number of nitrogen functional groups attached to an aromatic ring is 2. The molecule has 1 amide bonds. The summed E-state index contributed by atoms with van der Waals surface area (Å²) in [6.45, 7) is 7.21. The number of hydrogen-bond acceptors (Lipinski definition) is 12. The summed E-state index contributed by atoms with van der Waals surface area (Å²) in [6, 6.07) is 8.81. The number of carbonyl (C=O) groups excluding carboxylic acids is 2. The van der Waals surface area contributed by atoms with Crippen LogP contribution in [0.3, 0.4) is 0 Å². The Morgan fingerprint density at radius 2 is 1.77 bits per heavy atom. The van der Waals surface area contributed by atoms with E-state index in [-0.39, 0.29) is 36.2 Å². The molecule has 14 heteroatoms. The minimum absolute atomic E-state index is 0.0693. The SMILES string of the molecule is CCOC(=O)Oc1cn(C2CCC(NC(=O)OC(C)(C)C)CC2)c2cc(C#Cc3cc(Cc4cnc(N)nc4N)cc(OC)c3OC)ccc2c1=O. The summed E-state index contributed by atoms with van der Waals surface area (Å²) in [6.07, 6.45) is 4.83. The number of pyridine rings is 1. The number of methoxy groups -OCH3 is 2. The van der Waals surface area contributed by atoms with Crippen LogP contribution in [0.4, 0.5) is 21.4 Å². The standard InChI is InChI=1S/C38H44N6O8/c1-7-50-37(47)51-31-21-44(27-13-11-26(12-14-27)42-36(46)52-38(2,3)4)29-18-22(9-15-28(29)32(31)45)8-10-24-16-23(19-30(48-5)33(24)49-6)17-25-20-41-35(40)43-34(25)39/h9,15-16,18-21,26-27H,7,11-14,17H2,1-6H3,(H,42,46)(H4,39,40,41,43). The smallest absolute Gasteiger partial charge is 0.493 e. The Balaban J connectivity index is 1.50. The molecule has 14 nitrogen and oxygen atoms in total. The average molecular weight is 713 g/mol. The van der Waals surface area contributed by atoms with Crippen molar-refractivity contribution in [1.82, 2.24) is 19.9 Å². The second-order valence-corrected chi connectivity index (χ2v) is 13.3. The van der Waals surface area contributed by atoms with Gasteiger partial charge in [0.25, 0.3) is 0 Å². The molecule has 5 rings (SSSR count). The molecule has 1 fully saturated rings. The van der Waals surface area contributed by atoms with Crippen LogP contribution < -0.4 is 36.4 Å². The highest BCUT2D eigenvalue weighted by Crippen LogP contribution is 2.35. The number of aromatic nitrogens is 3. The van der Waals surface area contributed by atoms with Crippen LogP contribution in [0.5, 0.6) is 17.2 Å². The summed E-state index contributed by atoms with van der Waals surface area (Å²) in [4.78, 5) is 46.4. The molecule has 0 atom stereocenters. The number of anilines is 2. The predicted molar refractivity (Wildman–Crippen MR) is 196 cm³/mol. The van der Waals surface area contributed by atoms with Crippen molar-refractivity contribution in [3.8, 4) is 29.1 Å². The molecule has 0 aliphatic heterocycles. The molecule has 1 saturated carbocycles. The Morgan fingerprint density at radius 1 is 1.02 bits per heavy atom. The minimum atomic E-state index is -0.962. The van der Waals surface area contributed by atoms with Crippen molar-refractivity contribution in [2.75, 3.05) is 32.3 Å². The van der Waals surface area contributed by atoms with Gasteiger partial charge in [0.05, 0.1) is 38.1 Å². The maximum Gasteiger partial charge on any atom is 0.514 e. The van der Waals surface area contributed by atoms with Crippen molar-refractivity contribution in [3.63, 3.8) is 0 Å². The molecule has 0 saturated heterocycles. The lowest BCUT2D eigenvalue weighted by molar-refractivity contribution is 0.0488. The molecule has 2 heterocycles. The average Bonchev–Trinajstić information content (AvgIpc) is 3.09. The highest BCUT2D eigenvalue weighted by atomic mass is 16.7. The van der Waals surface area contributed by atoms with E-state index in [0.29, 0.717) is 71.2 Å². The molecule has 0 spiro atoms. The van der Waals surface area contributed by atoms with Gasteiger partial charge in [0.15, 0.2) is 17.2 Å². The zero-order valence-corrected chi connectivity index (χ0v) is 30.2. The van der Waals surface area contributed by atoms with Gasteiger partial charge in [0.1, 0.15) is 11.4 Å². The molecule has 1 aliphatic rings. The van der Waals surface area contributed by atoms with Crippen molar-refractivity contribution in [1.29, 1.82) is 0 Å². The quantitative estimate of drug-likeness (QED) is 0.154. The largest absolute Gasteiger partial charge is 0.514 e. The molecule has 0 bridgehead atoms. The number of fused-ring (bicyclic) bond motifs is 1. The van der Waals surface area contributed by atoms with E-state index in [9.17, 15) is 14.4 Å². The zero-order valence-electron chi connectivity index (χ0n) is 30.2. The molecule has 0 unspecified atom stereocenters. The fraction of sp³-hybridized carbons (Fsp3) is 0.395. The van der Waals surface area contributed by atoms with Crippen LogP contribution in [0.2, 0.25) is 0 Å². The summed E-state index contributed by atoms with van der Waals surface area (Å²) >= 11 is 0. The molecule has 5 N–H and O–H groups in total. The normalized spacial score (nSPS) is 15.6. The topological polar surface area (TPSA) is 192 Å². The van der Waals surface area contributed by atoms with Crippen molar-refractivity contribution < 1.29 is 33.3 Å². The molecule has 1 aliphatic carbocycles. The Morgan fingerprint density at radius 3 is 2.42 bits per heavy atom. The van der Waals surface area contributed by atoms with Crippen LogP contribution >= 0.6 is 0 Å². The summed E-state index contributed by atoms with van der Waals surface area (Å²) in [5, 5.41) is 3.32. The number of amides is 1. The molecule has 274 valence electrons. The Kier molecular flexibility index (Phi) is 11.4. The number of carbonyl (C=O) groups is 2. The molecule has 52 heavy (non-hydrogen) atoms. The Hall–Kier alpha value is -5.97. The summed E-state index contributed by atoms with van der Waals surface area (Å²) < 4.78 is 29.0. The van der Waals surface area contributed by atoms with Crippen LogP contribution in [0.15, 0.2) is 47.5 Å². The van der Waals surface area contributed by atoms with Crippen LogP contribution in [-0.2, 0) is 15.9 Å². The highest BCUT2D eigenvalue weighted by Gasteiger charge is 2.27. The van der Waals surface area contributed by atoms with Gasteiger partial charge in [-0.05, 0) is 89.3 Å². The number of alkyl carbamates (subject to hydrolysis) is 1. The van der Waals surface area contributed by atoms with Gasteiger partial charge < -0.3 is 45.0 Å². The van der Waals surface area contributed by atoms with Gasteiger partial charge in [-0.15, -0.1) is 0 Å². The van der Waals surface area contributed by atoms with E-state index in [1.54, 1.807) is 38.6 Å². The molecular weight excluding hydrogens is 668 g/mol. The number of benzene rings is 2. The third-order valence-electron chi connectivity index (χ3n) is 8.46. The molecule has 0 radical (unpaired) electrons. The predicted octanol–water partition coefficient (Wildman–Crippen LogP) is 5.51. The molecule has 2 aromatic carbocycles. The number of nitrogens with two attached hydrogens (primary N) is 2. The van der Waals surface area contributed by atoms with Gasteiger partial charge in [-0.2, -0.15) is 4.98 Å². The maximum atomic E-state index is 13.6. The van der Waals surface area contributed by atoms with E-state index in [0.717, 1.165) is 5.56 Å². The van der Waals surface area contributed by atoms with E-state index in [4.69, 9.17) is 35.2 Å². The first-order chi connectivity index (χ1) is 24.8. The van der Waals surface area contributed by atoms with Crippen molar-refractivity contribution >= 4 is 34.9 Å². The minimum Gasteiger partial charge on any atom is -0.493 e. The number of rotatable bonds is 8. The first-order valence-electron chi connectivity index (χ1n) is 16.9. The third kappa shape index (κ3) is 9.03. The summed E-state index contributed by atoms with van der Waals surface area (Å²) in [5.41, 5.74) is 14.0. The van der Waals surface area contributed by atoms with Gasteiger partial charge in [0, 0.05) is 41.2 Å². The number of ether oxygens (including phenoxy) is 5. The van der Waals surface area contributed by atoms with Gasteiger partial charge in [-0.1, -0.05) is 11.8 Å².